The van der Waals surface area contributed by atoms with Gasteiger partial charge in [0.25, 0.3) is 11.8 Å². The number of hydrogen-bond donors (Lipinski definition) is 2. The highest BCUT2D eigenvalue weighted by Gasteiger charge is 2.61. The molecule has 0 aliphatic carbocycles. The predicted octanol–water partition coefficient (Wildman–Crippen LogP) is 3.49. The van der Waals surface area contributed by atoms with Gasteiger partial charge in [-0.05, 0) is 38.8 Å². The zero-order valence-electron chi connectivity index (χ0n) is 21.4. The van der Waals surface area contributed by atoms with Crippen molar-refractivity contribution in [3.8, 4) is 0 Å². The van der Waals surface area contributed by atoms with Gasteiger partial charge >= 0.3 is 0 Å². The van der Waals surface area contributed by atoms with Crippen molar-refractivity contribution in [2.45, 2.75) is 71.3 Å². The summed E-state index contributed by atoms with van der Waals surface area (Å²) in [4.78, 5) is 24.9. The van der Waals surface area contributed by atoms with Crippen LogP contribution in [0, 0.1) is 12.8 Å². The van der Waals surface area contributed by atoms with E-state index in [-0.39, 0.29) is 12.0 Å². The van der Waals surface area contributed by atoms with E-state index in [1.807, 2.05) is 19.1 Å². The largest absolute Gasteiger partial charge is 0.381 e. The van der Waals surface area contributed by atoms with Crippen molar-refractivity contribution in [2.75, 3.05) is 33.0 Å². The lowest BCUT2D eigenvalue weighted by Crippen LogP contribution is -2.46. The number of nitrogens with one attached hydrogen (secondary N) is 2. The summed E-state index contributed by atoms with van der Waals surface area (Å²) in [5.74, 6) is -0.872. The van der Waals surface area contributed by atoms with Gasteiger partial charge in [-0.25, -0.2) is 0 Å². The van der Waals surface area contributed by atoms with Crippen LogP contribution in [0.2, 0.25) is 0 Å². The van der Waals surface area contributed by atoms with E-state index in [0.29, 0.717) is 44.2 Å². The minimum Gasteiger partial charge on any atom is -0.381 e. The fourth-order valence-corrected chi connectivity index (χ4v) is 4.26. The Morgan fingerprint density at radius 2 is 1.80 bits per heavy atom. The number of rotatable bonds is 14. The van der Waals surface area contributed by atoms with Crippen LogP contribution in [0.4, 0.5) is 0 Å². The van der Waals surface area contributed by atoms with Gasteiger partial charge in [-0.3, -0.25) is 14.9 Å². The van der Waals surface area contributed by atoms with Gasteiger partial charge in [0.1, 0.15) is 11.7 Å². The molecule has 2 fully saturated rings. The molecule has 2 saturated heterocycles. The third-order valence-corrected chi connectivity index (χ3v) is 6.54. The van der Waals surface area contributed by atoms with Gasteiger partial charge in [-0.15, -0.1) is 0 Å². The number of aryl methyl sites for hydroxylation is 1. The molecule has 35 heavy (non-hydrogen) atoms. The number of unbranched alkanes of at least 4 members (excludes halogenated alkanes) is 2. The molecule has 0 spiro atoms. The first-order valence-corrected chi connectivity index (χ1v) is 12.7. The smallest absolute Gasteiger partial charge is 0.258 e. The fraction of sp³-hybridized carbons (Fsp3) is 0.630. The summed E-state index contributed by atoms with van der Waals surface area (Å²) in [6, 6.07) is 7.06. The zero-order valence-corrected chi connectivity index (χ0v) is 21.4. The number of amides is 2. The van der Waals surface area contributed by atoms with Gasteiger partial charge in [0.2, 0.25) is 0 Å². The lowest BCUT2D eigenvalue weighted by atomic mass is 9.90. The molecule has 2 bridgehead atoms. The van der Waals surface area contributed by atoms with Crippen LogP contribution in [-0.4, -0.2) is 62.8 Å². The van der Waals surface area contributed by atoms with Crippen molar-refractivity contribution in [2.24, 2.45) is 5.92 Å². The molecule has 1 aromatic carbocycles. The van der Waals surface area contributed by atoms with Crippen LogP contribution >= 0.6 is 0 Å². The van der Waals surface area contributed by atoms with Crippen molar-refractivity contribution >= 4 is 11.8 Å². The molecule has 4 atom stereocenters. The first-order valence-electron chi connectivity index (χ1n) is 12.7. The molecule has 0 aromatic heterocycles. The second kappa shape index (κ2) is 13.2. The van der Waals surface area contributed by atoms with Crippen molar-refractivity contribution in [3.05, 3.63) is 47.2 Å². The van der Waals surface area contributed by atoms with Gasteiger partial charge in [0, 0.05) is 36.5 Å². The van der Waals surface area contributed by atoms with E-state index in [2.05, 4.69) is 24.5 Å². The summed E-state index contributed by atoms with van der Waals surface area (Å²) in [6.45, 7) is 10.7. The number of carbonyl (C=O) groups is 2. The minimum absolute atomic E-state index is 0.0316. The van der Waals surface area contributed by atoms with Crippen LogP contribution in [0.5, 0.6) is 0 Å². The fourth-order valence-electron chi connectivity index (χ4n) is 4.26. The monoisotopic (exact) mass is 488 g/mol. The summed E-state index contributed by atoms with van der Waals surface area (Å²) in [6.07, 6.45) is 5.08. The van der Waals surface area contributed by atoms with Crippen LogP contribution in [0.15, 0.2) is 36.0 Å². The Bertz CT molecular complexity index is 871. The highest BCUT2D eigenvalue weighted by atomic mass is 16.6. The van der Waals surface area contributed by atoms with Gasteiger partial charge in [0.05, 0.1) is 19.8 Å². The van der Waals surface area contributed by atoms with E-state index in [9.17, 15) is 9.59 Å². The van der Waals surface area contributed by atoms with Crippen molar-refractivity contribution in [3.63, 3.8) is 0 Å². The van der Waals surface area contributed by atoms with Crippen LogP contribution < -0.4 is 10.6 Å². The van der Waals surface area contributed by atoms with Gasteiger partial charge in [0.15, 0.2) is 6.23 Å². The number of imide groups is 1. The second-order valence-corrected chi connectivity index (χ2v) is 9.46. The molecule has 2 N–H and O–H groups in total. The maximum absolute atomic E-state index is 12.5. The molecule has 8 nitrogen and oxygen atoms in total. The average Bonchev–Trinajstić information content (AvgIpc) is 3.34. The van der Waals surface area contributed by atoms with E-state index >= 15 is 0 Å². The van der Waals surface area contributed by atoms with Gasteiger partial charge < -0.3 is 24.3 Å². The van der Waals surface area contributed by atoms with E-state index in [0.717, 1.165) is 31.2 Å². The van der Waals surface area contributed by atoms with Crippen LogP contribution in [-0.2, 0) is 23.7 Å². The number of benzene rings is 1. The predicted molar refractivity (Wildman–Crippen MR) is 133 cm³/mol. The molecular formula is C27H40N2O6. The van der Waals surface area contributed by atoms with Crippen molar-refractivity contribution in [1.82, 2.24) is 10.6 Å². The van der Waals surface area contributed by atoms with E-state index in [1.54, 1.807) is 25.3 Å². The summed E-state index contributed by atoms with van der Waals surface area (Å²) in [5, 5.41) is 5.60. The Kier molecular flexibility index (Phi) is 10.3. The molecule has 8 heteroatoms. The lowest BCUT2D eigenvalue weighted by molar-refractivity contribution is -0.173. The van der Waals surface area contributed by atoms with Crippen LogP contribution in [0.1, 0.15) is 62.4 Å². The standard InChI is InChI=1S/C27H40N2O6/c1-5-7-13-32-16-22-23-26(35-27(22,18-34-23)17-33-14-8-6-2)28-15-20(4)24(30)29-25(31)21-11-9-19(3)10-12-21/h9-12,15,22-23,26,28H,5-8,13-14,16-18H2,1-4H3,(H,29,30,31)/b20-15-/t22?,23?,26-,27+/m1/s1. The normalized spacial score (nSPS) is 25.6. The van der Waals surface area contributed by atoms with Gasteiger partial charge in [-0.1, -0.05) is 44.4 Å². The van der Waals surface area contributed by atoms with E-state index < -0.39 is 23.6 Å². The molecule has 2 heterocycles. The molecule has 0 saturated carbocycles. The van der Waals surface area contributed by atoms with E-state index in [1.165, 1.54) is 0 Å². The summed E-state index contributed by atoms with van der Waals surface area (Å²) >= 11 is 0. The third kappa shape index (κ3) is 7.13. The Morgan fingerprint density at radius 1 is 1.11 bits per heavy atom. The zero-order chi connectivity index (χ0) is 25.3. The van der Waals surface area contributed by atoms with E-state index in [4.69, 9.17) is 18.9 Å². The molecule has 2 aliphatic rings. The SMILES string of the molecule is CCCCOCC1C2OC[C@]1(COCCCC)O[C@H]2N/C=C(/C)C(=O)NC(=O)c1ccc(C)cc1. The van der Waals surface area contributed by atoms with Crippen molar-refractivity contribution in [1.29, 1.82) is 0 Å². The molecule has 2 unspecified atom stereocenters. The Hall–Kier alpha value is -2.26. The highest BCUT2D eigenvalue weighted by Crippen LogP contribution is 2.44. The summed E-state index contributed by atoms with van der Waals surface area (Å²) in [5.41, 5.74) is 1.27. The Balaban J connectivity index is 1.59. The minimum atomic E-state index is -0.576. The van der Waals surface area contributed by atoms with Crippen LogP contribution in [0.3, 0.4) is 0 Å². The molecular weight excluding hydrogens is 448 g/mol. The highest BCUT2D eigenvalue weighted by molar-refractivity contribution is 6.09. The Labute approximate surface area is 208 Å². The lowest BCUT2D eigenvalue weighted by Gasteiger charge is -2.31. The first-order chi connectivity index (χ1) is 16.9. The average molecular weight is 489 g/mol. The molecule has 3 rings (SSSR count). The van der Waals surface area contributed by atoms with Crippen LogP contribution in [0.25, 0.3) is 0 Å². The third-order valence-electron chi connectivity index (χ3n) is 6.54. The molecule has 2 amide bonds. The number of carbonyl (C=O) groups excluding carboxylic acids is 2. The molecule has 2 aliphatic heterocycles. The quantitative estimate of drug-likeness (QED) is 0.306. The summed E-state index contributed by atoms with van der Waals surface area (Å²) in [7, 11) is 0. The number of hydrogen-bond acceptors (Lipinski definition) is 7. The second-order valence-electron chi connectivity index (χ2n) is 9.46. The maximum atomic E-state index is 12.5. The molecule has 0 radical (unpaired) electrons. The number of ether oxygens (including phenoxy) is 4. The molecule has 194 valence electrons. The molecule has 1 aromatic rings. The van der Waals surface area contributed by atoms with Crippen molar-refractivity contribution < 1.29 is 28.5 Å². The maximum Gasteiger partial charge on any atom is 0.258 e. The first kappa shape index (κ1) is 27.3. The number of fused-ring (bicyclic) bond motifs is 2. The summed E-state index contributed by atoms with van der Waals surface area (Å²) < 4.78 is 24.4. The Morgan fingerprint density at radius 3 is 2.49 bits per heavy atom. The topological polar surface area (TPSA) is 95.1 Å². The van der Waals surface area contributed by atoms with Gasteiger partial charge in [-0.2, -0.15) is 0 Å².